The van der Waals surface area contributed by atoms with Gasteiger partial charge >= 0.3 is 0 Å². The van der Waals surface area contributed by atoms with Crippen LogP contribution in [0.5, 0.6) is 11.5 Å². The predicted octanol–water partition coefficient (Wildman–Crippen LogP) is 16.0. The minimum atomic E-state index is 0.818. The number of hydrogen-bond donors (Lipinski definition) is 0. The fourth-order valence-electron chi connectivity index (χ4n) is 8.67. The first-order valence-electron chi connectivity index (χ1n) is 20.1. The average molecular weight is 755 g/mol. The fraction of sp³-hybridized carbons (Fsp3) is 0. The Balaban J connectivity index is 1.10. The van der Waals surface area contributed by atoms with Gasteiger partial charge in [0.15, 0.2) is 11.5 Å². The molecule has 0 spiro atoms. The maximum absolute atomic E-state index is 7.41. The van der Waals surface area contributed by atoms with Crippen molar-refractivity contribution in [3.63, 3.8) is 0 Å². The first-order chi connectivity index (χ1) is 29.3. The van der Waals surface area contributed by atoms with Crippen LogP contribution in [-0.2, 0) is 0 Å². The van der Waals surface area contributed by atoms with Gasteiger partial charge in [-0.3, -0.25) is 0 Å². The van der Waals surface area contributed by atoms with Crippen molar-refractivity contribution in [2.45, 2.75) is 0 Å². The van der Waals surface area contributed by atoms with Crippen molar-refractivity contribution in [1.29, 1.82) is 0 Å². The van der Waals surface area contributed by atoms with Crippen molar-refractivity contribution in [3.8, 4) is 44.9 Å². The number of para-hydroxylation sites is 3. The number of hydrogen-bond acceptors (Lipinski definition) is 3. The van der Waals surface area contributed by atoms with Crippen LogP contribution in [0.15, 0.2) is 231 Å². The molecule has 0 bridgehead atoms. The molecule has 11 rings (SSSR count). The molecule has 278 valence electrons. The third-order valence-electron chi connectivity index (χ3n) is 11.4. The second kappa shape index (κ2) is 14.6. The molecular formula is C56H38N2O. The molecule has 3 heteroatoms. The number of benzene rings is 10. The third-order valence-corrected chi connectivity index (χ3v) is 11.4. The Kier molecular flexibility index (Phi) is 8.49. The van der Waals surface area contributed by atoms with Gasteiger partial charge in [0.2, 0.25) is 0 Å². The van der Waals surface area contributed by atoms with Crippen molar-refractivity contribution < 1.29 is 4.74 Å². The summed E-state index contributed by atoms with van der Waals surface area (Å²) in [7, 11) is 0. The van der Waals surface area contributed by atoms with Gasteiger partial charge in [-0.15, -0.1) is 0 Å². The molecule has 3 nitrogen and oxygen atoms in total. The SMILES string of the molecule is c1ccc(-c2ccc(N(c3ccc(-c4cccc5ccccc45)cc3)c3ccc4cccc5c4c3Oc3c-5cccc3N(c3ccccc3)c3ccccc3)cc2)cc1. The Morgan fingerprint density at radius 3 is 1.42 bits per heavy atom. The first-order valence-corrected chi connectivity index (χ1v) is 20.1. The number of nitrogens with zero attached hydrogens (tertiary/aromatic N) is 2. The molecule has 10 aromatic carbocycles. The molecule has 0 saturated heterocycles. The molecule has 0 fully saturated rings. The van der Waals surface area contributed by atoms with E-state index in [-0.39, 0.29) is 0 Å². The van der Waals surface area contributed by atoms with Crippen LogP contribution in [0.3, 0.4) is 0 Å². The van der Waals surface area contributed by atoms with Crippen molar-refractivity contribution in [3.05, 3.63) is 231 Å². The molecule has 0 atom stereocenters. The second-order valence-electron chi connectivity index (χ2n) is 14.9. The highest BCUT2D eigenvalue weighted by atomic mass is 16.5. The summed E-state index contributed by atoms with van der Waals surface area (Å²) < 4.78 is 7.41. The van der Waals surface area contributed by atoms with E-state index in [1.807, 2.05) is 0 Å². The first kappa shape index (κ1) is 34.4. The van der Waals surface area contributed by atoms with Crippen LogP contribution in [0.2, 0.25) is 0 Å². The summed E-state index contributed by atoms with van der Waals surface area (Å²) in [5.41, 5.74) is 13.1. The van der Waals surface area contributed by atoms with E-state index in [1.165, 1.54) is 33.0 Å². The number of anilines is 6. The van der Waals surface area contributed by atoms with Crippen LogP contribution < -0.4 is 14.5 Å². The summed E-state index contributed by atoms with van der Waals surface area (Å²) >= 11 is 0. The van der Waals surface area contributed by atoms with Gasteiger partial charge in [-0.05, 0) is 105 Å². The Morgan fingerprint density at radius 1 is 0.271 bits per heavy atom. The molecule has 0 aliphatic carbocycles. The lowest BCUT2D eigenvalue weighted by atomic mass is 9.93. The number of fused-ring (bicyclic) bond motifs is 3. The molecule has 0 amide bonds. The average Bonchev–Trinajstić information content (AvgIpc) is 3.31. The van der Waals surface area contributed by atoms with Crippen LogP contribution in [0.4, 0.5) is 34.1 Å². The van der Waals surface area contributed by atoms with Gasteiger partial charge in [-0.25, -0.2) is 0 Å². The van der Waals surface area contributed by atoms with Crippen LogP contribution in [0.1, 0.15) is 0 Å². The van der Waals surface area contributed by atoms with Gasteiger partial charge in [0.05, 0.1) is 11.4 Å². The molecule has 0 aromatic heterocycles. The highest BCUT2D eigenvalue weighted by Crippen LogP contribution is 2.56. The Labute approximate surface area is 344 Å². The molecule has 1 aliphatic heterocycles. The smallest absolute Gasteiger partial charge is 0.160 e. The predicted molar refractivity (Wildman–Crippen MR) is 247 cm³/mol. The lowest BCUT2D eigenvalue weighted by molar-refractivity contribution is 0.489. The van der Waals surface area contributed by atoms with Crippen molar-refractivity contribution in [2.75, 3.05) is 9.80 Å². The van der Waals surface area contributed by atoms with Crippen LogP contribution in [0.25, 0.3) is 54.9 Å². The van der Waals surface area contributed by atoms with Crippen molar-refractivity contribution >= 4 is 55.7 Å². The summed E-state index contributed by atoms with van der Waals surface area (Å²) in [5.74, 6) is 1.64. The quantitative estimate of drug-likeness (QED) is 0.154. The molecular weight excluding hydrogens is 717 g/mol. The van der Waals surface area contributed by atoms with Gasteiger partial charge < -0.3 is 14.5 Å². The van der Waals surface area contributed by atoms with Crippen molar-refractivity contribution in [1.82, 2.24) is 0 Å². The van der Waals surface area contributed by atoms with Gasteiger partial charge in [0.1, 0.15) is 0 Å². The maximum atomic E-state index is 7.41. The monoisotopic (exact) mass is 754 g/mol. The maximum Gasteiger partial charge on any atom is 0.160 e. The van der Waals surface area contributed by atoms with Gasteiger partial charge in [-0.1, -0.05) is 170 Å². The van der Waals surface area contributed by atoms with Crippen LogP contribution in [0, 0.1) is 0 Å². The highest BCUT2D eigenvalue weighted by molar-refractivity contribution is 6.09. The number of rotatable bonds is 8. The van der Waals surface area contributed by atoms with Gasteiger partial charge in [0.25, 0.3) is 0 Å². The zero-order valence-electron chi connectivity index (χ0n) is 32.2. The summed E-state index contributed by atoms with van der Waals surface area (Å²) in [6, 6.07) is 82.1. The van der Waals surface area contributed by atoms with E-state index in [9.17, 15) is 0 Å². The van der Waals surface area contributed by atoms with Crippen LogP contribution in [-0.4, -0.2) is 0 Å². The van der Waals surface area contributed by atoms with E-state index < -0.39 is 0 Å². The topological polar surface area (TPSA) is 15.7 Å². The molecule has 0 saturated carbocycles. The summed E-state index contributed by atoms with van der Waals surface area (Å²) in [5, 5.41) is 4.70. The third kappa shape index (κ3) is 6.08. The highest BCUT2D eigenvalue weighted by Gasteiger charge is 2.30. The normalized spacial score (nSPS) is 11.5. The lowest BCUT2D eigenvalue weighted by Crippen LogP contribution is -2.14. The molecule has 1 heterocycles. The van der Waals surface area contributed by atoms with E-state index in [0.717, 1.165) is 67.5 Å². The van der Waals surface area contributed by atoms with Crippen LogP contribution >= 0.6 is 0 Å². The molecule has 0 unspecified atom stereocenters. The molecule has 59 heavy (non-hydrogen) atoms. The van der Waals surface area contributed by atoms with Crippen molar-refractivity contribution in [2.24, 2.45) is 0 Å². The molecule has 0 N–H and O–H groups in total. The van der Waals surface area contributed by atoms with E-state index >= 15 is 0 Å². The minimum Gasteiger partial charge on any atom is -0.452 e. The fourth-order valence-corrected chi connectivity index (χ4v) is 8.67. The Morgan fingerprint density at radius 2 is 0.746 bits per heavy atom. The van der Waals surface area contributed by atoms with Gasteiger partial charge in [0, 0.05) is 33.7 Å². The van der Waals surface area contributed by atoms with E-state index in [2.05, 4.69) is 240 Å². The van der Waals surface area contributed by atoms with E-state index in [0.29, 0.717) is 0 Å². The summed E-state index contributed by atoms with van der Waals surface area (Å²) in [6.45, 7) is 0. The van der Waals surface area contributed by atoms with Gasteiger partial charge in [-0.2, -0.15) is 0 Å². The zero-order valence-corrected chi connectivity index (χ0v) is 32.2. The molecule has 0 radical (unpaired) electrons. The second-order valence-corrected chi connectivity index (χ2v) is 14.9. The largest absolute Gasteiger partial charge is 0.452 e. The molecule has 1 aliphatic rings. The summed E-state index contributed by atoms with van der Waals surface area (Å²) in [4.78, 5) is 4.63. The van der Waals surface area contributed by atoms with E-state index in [1.54, 1.807) is 0 Å². The molecule has 10 aromatic rings. The standard InChI is InChI=1S/C56H38N2O/c1-4-15-39(16-5-1)40-29-34-46(35-30-40)58(47-36-31-42(32-37-47)49-25-12-18-41-17-10-11-24-48(41)49)53-38-33-43-19-13-26-50-51-27-14-28-52(55(51)59-56(53)54(43)50)57(44-20-6-2-7-21-44)45-22-8-3-9-23-45/h1-38H. The lowest BCUT2D eigenvalue weighted by Gasteiger charge is -2.33. The number of ether oxygens (including phenoxy) is 1. The Hall–Kier alpha value is -7.88. The van der Waals surface area contributed by atoms with E-state index in [4.69, 9.17) is 4.74 Å². The Bertz CT molecular complexity index is 3060. The summed E-state index contributed by atoms with van der Waals surface area (Å²) in [6.07, 6.45) is 0. The minimum absolute atomic E-state index is 0.818. The zero-order chi connectivity index (χ0) is 39.1.